The summed E-state index contributed by atoms with van der Waals surface area (Å²) >= 11 is 3.26. The molecule has 0 saturated heterocycles. The summed E-state index contributed by atoms with van der Waals surface area (Å²) in [5, 5.41) is 6.40. The number of hydrogen-bond donors (Lipinski definition) is 2. The average Bonchev–Trinajstić information content (AvgIpc) is 2.79. The molecule has 84 valence electrons. The third-order valence-corrected chi connectivity index (χ3v) is 2.73. The van der Waals surface area contributed by atoms with E-state index in [1.54, 1.807) is 12.3 Å². The van der Waals surface area contributed by atoms with Crippen LogP contribution in [-0.4, -0.2) is 16.0 Å². The Morgan fingerprint density at radius 1 is 1.56 bits per heavy atom. The van der Waals surface area contributed by atoms with Gasteiger partial charge in [0.25, 0.3) is 5.91 Å². The van der Waals surface area contributed by atoms with Gasteiger partial charge in [0.15, 0.2) is 0 Å². The Labute approximate surface area is 100 Å². The fourth-order valence-corrected chi connectivity index (χ4v) is 1.54. The molecule has 1 amide bonds. The van der Waals surface area contributed by atoms with Crippen LogP contribution in [0, 0.1) is 13.8 Å². The van der Waals surface area contributed by atoms with Crippen LogP contribution < -0.4 is 5.32 Å². The fourth-order valence-electron chi connectivity index (χ4n) is 1.20. The molecule has 0 aliphatic rings. The number of halogens is 1. The van der Waals surface area contributed by atoms with Gasteiger partial charge in [-0.3, -0.25) is 10.1 Å². The van der Waals surface area contributed by atoms with Crippen molar-refractivity contribution in [3.63, 3.8) is 0 Å². The van der Waals surface area contributed by atoms with E-state index >= 15 is 0 Å². The molecule has 0 saturated carbocycles. The summed E-state index contributed by atoms with van der Waals surface area (Å²) in [5.41, 5.74) is 2.06. The highest BCUT2D eigenvalue weighted by Crippen LogP contribution is 2.18. The highest BCUT2D eigenvalue weighted by atomic mass is 79.9. The molecule has 16 heavy (non-hydrogen) atoms. The number of carbonyl (C=O) groups is 1. The van der Waals surface area contributed by atoms with Gasteiger partial charge in [0.2, 0.25) is 5.88 Å². The predicted octanol–water partition coefficient (Wildman–Crippen LogP) is 2.63. The minimum atomic E-state index is -0.259. The Morgan fingerprint density at radius 2 is 2.31 bits per heavy atom. The number of rotatable bonds is 2. The molecule has 2 N–H and O–H groups in total. The first kappa shape index (κ1) is 10.9. The van der Waals surface area contributed by atoms with Crippen molar-refractivity contribution in [3.05, 3.63) is 33.7 Å². The first-order chi connectivity index (χ1) is 7.58. The summed E-state index contributed by atoms with van der Waals surface area (Å²) in [6, 6.07) is 1.69. The predicted molar refractivity (Wildman–Crippen MR) is 62.4 cm³/mol. The largest absolute Gasteiger partial charge is 0.356 e. The van der Waals surface area contributed by atoms with E-state index in [0.29, 0.717) is 11.6 Å². The van der Waals surface area contributed by atoms with E-state index < -0.39 is 0 Å². The molecule has 0 aliphatic carbocycles. The van der Waals surface area contributed by atoms with Crippen LogP contribution in [0.2, 0.25) is 0 Å². The normalized spacial score (nSPS) is 10.4. The van der Waals surface area contributed by atoms with Crippen LogP contribution in [0.4, 0.5) is 5.88 Å². The van der Waals surface area contributed by atoms with Gasteiger partial charge in [0.05, 0.1) is 5.69 Å². The lowest BCUT2D eigenvalue weighted by atomic mass is 10.3. The average molecular weight is 284 g/mol. The molecular weight excluding hydrogens is 274 g/mol. The SMILES string of the molecule is Cc1noc(NC(=O)c2cc(Br)c[nH]2)c1C. The Kier molecular flexibility index (Phi) is 2.82. The second kappa shape index (κ2) is 4.13. The Hall–Kier alpha value is -1.56. The van der Waals surface area contributed by atoms with Gasteiger partial charge in [-0.05, 0) is 35.8 Å². The second-order valence-electron chi connectivity index (χ2n) is 3.41. The van der Waals surface area contributed by atoms with Crippen molar-refractivity contribution in [2.45, 2.75) is 13.8 Å². The number of amides is 1. The molecular formula is C10H10BrN3O2. The van der Waals surface area contributed by atoms with E-state index in [-0.39, 0.29) is 5.91 Å². The highest BCUT2D eigenvalue weighted by Gasteiger charge is 2.14. The Morgan fingerprint density at radius 3 is 2.81 bits per heavy atom. The van der Waals surface area contributed by atoms with Gasteiger partial charge in [-0.25, -0.2) is 0 Å². The number of aromatic amines is 1. The van der Waals surface area contributed by atoms with Gasteiger partial charge in [0.1, 0.15) is 5.69 Å². The number of anilines is 1. The van der Waals surface area contributed by atoms with Crippen LogP contribution in [0.25, 0.3) is 0 Å². The van der Waals surface area contributed by atoms with Crippen LogP contribution in [0.3, 0.4) is 0 Å². The van der Waals surface area contributed by atoms with Crippen LogP contribution >= 0.6 is 15.9 Å². The van der Waals surface area contributed by atoms with Gasteiger partial charge in [-0.1, -0.05) is 5.16 Å². The summed E-state index contributed by atoms with van der Waals surface area (Å²) < 4.78 is 5.81. The van der Waals surface area contributed by atoms with Gasteiger partial charge in [-0.2, -0.15) is 0 Å². The summed E-state index contributed by atoms with van der Waals surface area (Å²) in [4.78, 5) is 14.6. The molecule has 0 aliphatic heterocycles. The highest BCUT2D eigenvalue weighted by molar-refractivity contribution is 9.10. The van der Waals surface area contributed by atoms with Gasteiger partial charge in [-0.15, -0.1) is 0 Å². The van der Waals surface area contributed by atoms with Crippen LogP contribution in [0.5, 0.6) is 0 Å². The number of carbonyl (C=O) groups excluding carboxylic acids is 1. The zero-order valence-corrected chi connectivity index (χ0v) is 10.4. The van der Waals surface area contributed by atoms with Gasteiger partial charge in [0, 0.05) is 16.2 Å². The summed E-state index contributed by atoms with van der Waals surface area (Å²) in [6.45, 7) is 3.66. The molecule has 0 aromatic carbocycles. The van der Waals surface area contributed by atoms with Gasteiger partial charge < -0.3 is 9.51 Å². The lowest BCUT2D eigenvalue weighted by Crippen LogP contribution is -2.12. The van der Waals surface area contributed by atoms with E-state index in [9.17, 15) is 4.79 Å². The number of hydrogen-bond acceptors (Lipinski definition) is 3. The number of H-pyrrole nitrogens is 1. The molecule has 2 rings (SSSR count). The topological polar surface area (TPSA) is 70.9 Å². The monoisotopic (exact) mass is 283 g/mol. The quantitative estimate of drug-likeness (QED) is 0.890. The molecule has 0 spiro atoms. The first-order valence-electron chi connectivity index (χ1n) is 4.66. The molecule has 2 aromatic heterocycles. The van der Waals surface area contributed by atoms with E-state index in [4.69, 9.17) is 4.52 Å². The molecule has 2 heterocycles. The van der Waals surface area contributed by atoms with Crippen molar-refractivity contribution in [3.8, 4) is 0 Å². The van der Waals surface area contributed by atoms with E-state index in [1.807, 2.05) is 13.8 Å². The van der Waals surface area contributed by atoms with E-state index in [0.717, 1.165) is 15.7 Å². The summed E-state index contributed by atoms with van der Waals surface area (Å²) in [6.07, 6.45) is 1.69. The zero-order chi connectivity index (χ0) is 11.7. The zero-order valence-electron chi connectivity index (χ0n) is 8.80. The third kappa shape index (κ3) is 2.01. The van der Waals surface area contributed by atoms with Crippen LogP contribution in [0.1, 0.15) is 21.7 Å². The molecule has 0 radical (unpaired) electrons. The van der Waals surface area contributed by atoms with Crippen LogP contribution in [-0.2, 0) is 0 Å². The van der Waals surface area contributed by atoms with Crippen LogP contribution in [0.15, 0.2) is 21.3 Å². The summed E-state index contributed by atoms with van der Waals surface area (Å²) in [7, 11) is 0. The Balaban J connectivity index is 2.17. The van der Waals surface area contributed by atoms with E-state index in [1.165, 1.54) is 0 Å². The van der Waals surface area contributed by atoms with Gasteiger partial charge >= 0.3 is 0 Å². The van der Waals surface area contributed by atoms with Crippen molar-refractivity contribution >= 4 is 27.7 Å². The van der Waals surface area contributed by atoms with E-state index in [2.05, 4.69) is 31.4 Å². The summed E-state index contributed by atoms with van der Waals surface area (Å²) in [5.74, 6) is 0.123. The van der Waals surface area contributed by atoms with Crippen molar-refractivity contribution < 1.29 is 9.32 Å². The molecule has 0 bridgehead atoms. The fraction of sp³-hybridized carbons (Fsp3) is 0.200. The minimum Gasteiger partial charge on any atom is -0.356 e. The van der Waals surface area contributed by atoms with Crippen molar-refractivity contribution in [2.24, 2.45) is 0 Å². The number of aromatic nitrogens is 2. The van der Waals surface area contributed by atoms with Crippen molar-refractivity contribution in [1.82, 2.24) is 10.1 Å². The molecule has 0 atom stereocenters. The number of nitrogens with zero attached hydrogens (tertiary/aromatic N) is 1. The maximum atomic E-state index is 11.7. The maximum Gasteiger partial charge on any atom is 0.274 e. The lowest BCUT2D eigenvalue weighted by Gasteiger charge is -1.99. The lowest BCUT2D eigenvalue weighted by molar-refractivity contribution is 0.101. The molecule has 0 unspecified atom stereocenters. The minimum absolute atomic E-state index is 0.259. The molecule has 6 heteroatoms. The van der Waals surface area contributed by atoms with Crippen molar-refractivity contribution in [1.29, 1.82) is 0 Å². The smallest absolute Gasteiger partial charge is 0.274 e. The first-order valence-corrected chi connectivity index (χ1v) is 5.45. The Bertz CT molecular complexity index is 530. The third-order valence-electron chi connectivity index (χ3n) is 2.28. The molecule has 2 aromatic rings. The molecule has 0 fully saturated rings. The van der Waals surface area contributed by atoms with Crippen molar-refractivity contribution in [2.75, 3.05) is 5.32 Å². The second-order valence-corrected chi connectivity index (χ2v) is 4.32. The molecule has 5 nitrogen and oxygen atoms in total. The number of aryl methyl sites for hydroxylation is 1. The number of nitrogens with one attached hydrogen (secondary N) is 2. The standard InChI is InChI=1S/C10H10BrN3O2/c1-5-6(2)14-16-10(5)13-9(15)8-3-7(11)4-12-8/h3-4,12H,1-2H3,(H,13,15). The maximum absolute atomic E-state index is 11.7.